The molecule has 1 heterocycles. The van der Waals surface area contributed by atoms with Gasteiger partial charge in [-0.1, -0.05) is 11.6 Å². The van der Waals surface area contributed by atoms with Gasteiger partial charge in [0, 0.05) is 17.0 Å². The highest BCUT2D eigenvalue weighted by atomic mass is 16.3. The summed E-state index contributed by atoms with van der Waals surface area (Å²) in [5.74, 6) is 0.637. The Hall–Kier alpha value is -2.43. The zero-order valence-electron chi connectivity index (χ0n) is 11.2. The van der Waals surface area contributed by atoms with Crippen molar-refractivity contribution in [1.29, 1.82) is 0 Å². The number of hydrogen-bond acceptors (Lipinski definition) is 5. The van der Waals surface area contributed by atoms with Crippen LogP contribution < -0.4 is 5.43 Å². The molecule has 0 fully saturated rings. The van der Waals surface area contributed by atoms with Crippen molar-refractivity contribution in [3.63, 3.8) is 0 Å². The molecule has 0 spiro atoms. The Morgan fingerprint density at radius 3 is 2.47 bits per heavy atom. The van der Waals surface area contributed by atoms with Crippen LogP contribution in [-0.4, -0.2) is 21.3 Å². The number of nitrogens with one attached hydrogen (secondary N) is 1. The fraction of sp³-hybridized carbons (Fsp3) is 0.214. The minimum atomic E-state index is 0.192. The number of anilines is 1. The predicted octanol–water partition coefficient (Wildman–Crippen LogP) is 2.55. The van der Waals surface area contributed by atoms with Crippen LogP contribution in [0.2, 0.25) is 0 Å². The summed E-state index contributed by atoms with van der Waals surface area (Å²) in [6.45, 7) is 5.75. The van der Waals surface area contributed by atoms with E-state index in [9.17, 15) is 5.11 Å². The van der Waals surface area contributed by atoms with Gasteiger partial charge in [0.2, 0.25) is 5.95 Å². The SMILES string of the molecule is Cc1ccc(O)c(/C=N/Nc2nc(C)cc(C)n2)c1. The maximum absolute atomic E-state index is 9.67. The van der Waals surface area contributed by atoms with E-state index in [-0.39, 0.29) is 5.75 Å². The molecule has 2 rings (SSSR count). The topological polar surface area (TPSA) is 70.4 Å². The summed E-state index contributed by atoms with van der Waals surface area (Å²) >= 11 is 0. The van der Waals surface area contributed by atoms with Gasteiger partial charge >= 0.3 is 0 Å². The molecule has 0 amide bonds. The number of aryl methyl sites for hydroxylation is 3. The van der Waals surface area contributed by atoms with Gasteiger partial charge in [-0.2, -0.15) is 5.10 Å². The summed E-state index contributed by atoms with van der Waals surface area (Å²) in [5.41, 5.74) is 6.22. The number of hydrogen-bond donors (Lipinski definition) is 2. The molecule has 0 saturated carbocycles. The number of rotatable bonds is 3. The zero-order chi connectivity index (χ0) is 13.8. The van der Waals surface area contributed by atoms with Crippen LogP contribution in [0.15, 0.2) is 29.4 Å². The lowest BCUT2D eigenvalue weighted by atomic mass is 10.1. The van der Waals surface area contributed by atoms with E-state index in [1.807, 2.05) is 39.0 Å². The van der Waals surface area contributed by atoms with E-state index in [1.165, 1.54) is 0 Å². The van der Waals surface area contributed by atoms with Crippen LogP contribution in [0.3, 0.4) is 0 Å². The van der Waals surface area contributed by atoms with Crippen LogP contribution in [0.5, 0.6) is 5.75 Å². The Bertz CT molecular complexity index is 603. The second kappa shape index (κ2) is 5.48. The van der Waals surface area contributed by atoms with Crippen LogP contribution in [0, 0.1) is 20.8 Å². The summed E-state index contributed by atoms with van der Waals surface area (Å²) < 4.78 is 0. The molecule has 1 aromatic carbocycles. The minimum absolute atomic E-state index is 0.192. The lowest BCUT2D eigenvalue weighted by Crippen LogP contribution is -1.99. The maximum atomic E-state index is 9.67. The number of hydrazone groups is 1. The van der Waals surface area contributed by atoms with Crippen molar-refractivity contribution >= 4 is 12.2 Å². The van der Waals surface area contributed by atoms with Crippen LogP contribution in [0.4, 0.5) is 5.95 Å². The van der Waals surface area contributed by atoms with E-state index in [2.05, 4.69) is 20.5 Å². The monoisotopic (exact) mass is 256 g/mol. The Morgan fingerprint density at radius 2 is 1.79 bits per heavy atom. The molecule has 0 unspecified atom stereocenters. The standard InChI is InChI=1S/C14H16N4O/c1-9-4-5-13(19)12(6-9)8-15-18-14-16-10(2)7-11(3)17-14/h4-8,19H,1-3H3,(H,16,17,18)/b15-8+. The number of nitrogens with zero attached hydrogens (tertiary/aromatic N) is 3. The maximum Gasteiger partial charge on any atom is 0.243 e. The van der Waals surface area contributed by atoms with E-state index in [4.69, 9.17) is 0 Å². The van der Waals surface area contributed by atoms with Gasteiger partial charge in [-0.25, -0.2) is 15.4 Å². The quantitative estimate of drug-likeness (QED) is 0.654. The fourth-order valence-electron chi connectivity index (χ4n) is 1.71. The third-order valence-electron chi connectivity index (χ3n) is 2.53. The van der Waals surface area contributed by atoms with Gasteiger partial charge in [0.1, 0.15) is 5.75 Å². The molecular formula is C14H16N4O. The highest BCUT2D eigenvalue weighted by molar-refractivity contribution is 5.84. The third-order valence-corrected chi connectivity index (χ3v) is 2.53. The number of phenols is 1. The number of aromatic nitrogens is 2. The smallest absolute Gasteiger partial charge is 0.243 e. The molecule has 0 aliphatic carbocycles. The molecule has 1 aromatic heterocycles. The van der Waals surface area contributed by atoms with Crippen LogP contribution >= 0.6 is 0 Å². The predicted molar refractivity (Wildman–Crippen MR) is 75.6 cm³/mol. The van der Waals surface area contributed by atoms with Gasteiger partial charge in [-0.3, -0.25) is 0 Å². The van der Waals surface area contributed by atoms with Gasteiger partial charge < -0.3 is 5.11 Å². The highest BCUT2D eigenvalue weighted by Crippen LogP contribution is 2.15. The molecule has 19 heavy (non-hydrogen) atoms. The molecule has 0 saturated heterocycles. The first-order valence-electron chi connectivity index (χ1n) is 5.95. The molecule has 5 nitrogen and oxygen atoms in total. The molecule has 0 radical (unpaired) electrons. The normalized spacial score (nSPS) is 10.9. The summed E-state index contributed by atoms with van der Waals surface area (Å²) in [7, 11) is 0. The molecule has 0 bridgehead atoms. The Balaban J connectivity index is 2.13. The summed E-state index contributed by atoms with van der Waals surface area (Å²) in [5, 5.41) is 13.7. The molecule has 0 aliphatic heterocycles. The Labute approximate surface area is 112 Å². The summed E-state index contributed by atoms with van der Waals surface area (Å²) in [6, 6.07) is 7.22. The second-order valence-corrected chi connectivity index (χ2v) is 4.41. The van der Waals surface area contributed by atoms with Crippen LogP contribution in [0.25, 0.3) is 0 Å². The van der Waals surface area contributed by atoms with E-state index in [1.54, 1.807) is 12.3 Å². The van der Waals surface area contributed by atoms with Crippen LogP contribution in [0.1, 0.15) is 22.5 Å². The van der Waals surface area contributed by atoms with Crippen molar-refractivity contribution in [2.24, 2.45) is 5.10 Å². The average Bonchev–Trinajstić information content (AvgIpc) is 2.32. The largest absolute Gasteiger partial charge is 0.507 e. The summed E-state index contributed by atoms with van der Waals surface area (Å²) in [6.07, 6.45) is 1.54. The van der Waals surface area contributed by atoms with Gasteiger partial charge in [-0.05, 0) is 39.0 Å². The van der Waals surface area contributed by atoms with Crippen molar-refractivity contribution in [2.45, 2.75) is 20.8 Å². The highest BCUT2D eigenvalue weighted by Gasteiger charge is 1.99. The Kier molecular flexibility index (Phi) is 3.75. The van der Waals surface area contributed by atoms with E-state index in [0.29, 0.717) is 11.5 Å². The number of aromatic hydroxyl groups is 1. The molecular weight excluding hydrogens is 240 g/mol. The van der Waals surface area contributed by atoms with E-state index >= 15 is 0 Å². The first kappa shape index (κ1) is 13.0. The van der Waals surface area contributed by atoms with Crippen molar-refractivity contribution in [3.05, 3.63) is 46.8 Å². The minimum Gasteiger partial charge on any atom is -0.507 e. The summed E-state index contributed by atoms with van der Waals surface area (Å²) in [4.78, 5) is 8.41. The van der Waals surface area contributed by atoms with Crippen molar-refractivity contribution < 1.29 is 5.11 Å². The van der Waals surface area contributed by atoms with Crippen molar-refractivity contribution in [3.8, 4) is 5.75 Å². The first-order chi connectivity index (χ1) is 9.04. The first-order valence-corrected chi connectivity index (χ1v) is 5.95. The average molecular weight is 256 g/mol. The van der Waals surface area contributed by atoms with Gasteiger partial charge in [0.05, 0.1) is 6.21 Å². The molecule has 2 N–H and O–H groups in total. The van der Waals surface area contributed by atoms with Crippen molar-refractivity contribution in [2.75, 3.05) is 5.43 Å². The number of phenolic OH excluding ortho intramolecular Hbond substituents is 1. The molecule has 5 heteroatoms. The lowest BCUT2D eigenvalue weighted by Gasteiger charge is -2.02. The van der Waals surface area contributed by atoms with E-state index in [0.717, 1.165) is 17.0 Å². The molecule has 98 valence electrons. The van der Waals surface area contributed by atoms with Gasteiger partial charge in [-0.15, -0.1) is 0 Å². The second-order valence-electron chi connectivity index (χ2n) is 4.41. The van der Waals surface area contributed by atoms with Gasteiger partial charge in [0.25, 0.3) is 0 Å². The van der Waals surface area contributed by atoms with E-state index < -0.39 is 0 Å². The Morgan fingerprint density at radius 1 is 1.11 bits per heavy atom. The molecule has 0 aliphatic rings. The fourth-order valence-corrected chi connectivity index (χ4v) is 1.71. The van der Waals surface area contributed by atoms with Gasteiger partial charge in [0.15, 0.2) is 0 Å². The van der Waals surface area contributed by atoms with Crippen molar-refractivity contribution in [1.82, 2.24) is 9.97 Å². The molecule has 2 aromatic rings. The zero-order valence-corrected chi connectivity index (χ0v) is 11.2. The lowest BCUT2D eigenvalue weighted by molar-refractivity contribution is 0.474. The third kappa shape index (κ3) is 3.51. The number of benzene rings is 1. The molecule has 0 atom stereocenters. The van der Waals surface area contributed by atoms with Crippen LogP contribution in [-0.2, 0) is 0 Å².